The van der Waals surface area contributed by atoms with Gasteiger partial charge in [0.1, 0.15) is 0 Å². The van der Waals surface area contributed by atoms with Gasteiger partial charge in [-0.1, -0.05) is 12.1 Å². The number of hydrogen-bond donors (Lipinski definition) is 3. The third kappa shape index (κ3) is 8.62. The molecular formula is C16H25N3O5S. The third-order valence-electron chi connectivity index (χ3n) is 3.22. The monoisotopic (exact) mass is 371 g/mol. The fourth-order valence-electron chi connectivity index (χ4n) is 1.92. The summed E-state index contributed by atoms with van der Waals surface area (Å²) in [5.74, 6) is -1.39. The molecule has 0 aliphatic carbocycles. The van der Waals surface area contributed by atoms with Crippen LogP contribution in [-0.4, -0.2) is 46.0 Å². The molecule has 0 fully saturated rings. The molecule has 0 bridgehead atoms. The summed E-state index contributed by atoms with van der Waals surface area (Å²) in [5.41, 5.74) is 0.818. The molecule has 0 spiro atoms. The van der Waals surface area contributed by atoms with Gasteiger partial charge in [0.2, 0.25) is 10.0 Å². The number of hydrogen-bond acceptors (Lipinski definition) is 5. The van der Waals surface area contributed by atoms with Crippen LogP contribution in [0.1, 0.15) is 25.8 Å². The van der Waals surface area contributed by atoms with Crippen LogP contribution in [0.15, 0.2) is 29.2 Å². The molecule has 2 amide bonds. The smallest absolute Gasteiger partial charge is 0.309 e. The zero-order valence-electron chi connectivity index (χ0n) is 14.4. The van der Waals surface area contributed by atoms with Crippen molar-refractivity contribution in [2.75, 3.05) is 19.7 Å². The Balaban J connectivity index is 2.26. The van der Waals surface area contributed by atoms with E-state index in [0.717, 1.165) is 5.56 Å². The molecule has 0 aliphatic heterocycles. The molecule has 0 aliphatic rings. The summed E-state index contributed by atoms with van der Waals surface area (Å²) < 4.78 is 27.6. The van der Waals surface area contributed by atoms with Crippen molar-refractivity contribution < 1.29 is 22.7 Å². The van der Waals surface area contributed by atoms with Crippen molar-refractivity contribution in [3.63, 3.8) is 0 Å². The van der Waals surface area contributed by atoms with Gasteiger partial charge in [0.25, 0.3) is 0 Å². The highest BCUT2D eigenvalue weighted by atomic mass is 32.2. The van der Waals surface area contributed by atoms with Gasteiger partial charge in [-0.05, 0) is 44.4 Å². The highest BCUT2D eigenvalue weighted by Crippen LogP contribution is 2.08. The first kappa shape index (κ1) is 21.1. The molecule has 4 N–H and O–H groups in total. The Morgan fingerprint density at radius 3 is 2.16 bits per heavy atom. The van der Waals surface area contributed by atoms with Crippen molar-refractivity contribution in [1.29, 1.82) is 0 Å². The van der Waals surface area contributed by atoms with E-state index in [1.165, 1.54) is 12.1 Å². The molecule has 140 valence electrons. The SMILES string of the molecule is CC(C)OCCCNC(=O)C(=O)NCCc1ccc(S(N)(=O)=O)cc1. The Hall–Kier alpha value is -1.97. The standard InChI is InChI=1S/C16H25N3O5S/c1-12(2)24-11-3-9-18-15(20)16(21)19-10-8-13-4-6-14(7-5-13)25(17,22)23/h4-7,12H,3,8-11H2,1-2H3,(H,18,20)(H,19,21)(H2,17,22,23). The Morgan fingerprint density at radius 2 is 1.64 bits per heavy atom. The van der Waals surface area contributed by atoms with E-state index in [0.29, 0.717) is 26.0 Å². The predicted molar refractivity (Wildman–Crippen MR) is 93.2 cm³/mol. The maximum absolute atomic E-state index is 11.6. The quantitative estimate of drug-likeness (QED) is 0.413. The maximum Gasteiger partial charge on any atom is 0.309 e. The number of sulfonamides is 1. The average molecular weight is 371 g/mol. The summed E-state index contributed by atoms with van der Waals surface area (Å²) in [7, 11) is -3.71. The van der Waals surface area contributed by atoms with Gasteiger partial charge < -0.3 is 15.4 Å². The molecule has 1 rings (SSSR count). The molecule has 0 radical (unpaired) electrons. The Kier molecular flexibility index (Phi) is 8.53. The van der Waals surface area contributed by atoms with Crippen LogP contribution in [0, 0.1) is 0 Å². The van der Waals surface area contributed by atoms with Crippen molar-refractivity contribution >= 4 is 21.8 Å². The molecule has 8 nitrogen and oxygen atoms in total. The van der Waals surface area contributed by atoms with E-state index < -0.39 is 21.8 Å². The minimum atomic E-state index is -3.71. The van der Waals surface area contributed by atoms with E-state index in [-0.39, 0.29) is 17.5 Å². The van der Waals surface area contributed by atoms with Crippen molar-refractivity contribution in [3.8, 4) is 0 Å². The lowest BCUT2D eigenvalue weighted by molar-refractivity contribution is -0.139. The van der Waals surface area contributed by atoms with E-state index in [2.05, 4.69) is 10.6 Å². The van der Waals surface area contributed by atoms with E-state index in [1.807, 2.05) is 13.8 Å². The van der Waals surface area contributed by atoms with Gasteiger partial charge in [-0.3, -0.25) is 9.59 Å². The van der Waals surface area contributed by atoms with E-state index in [9.17, 15) is 18.0 Å². The lowest BCUT2D eigenvalue weighted by Gasteiger charge is -2.09. The van der Waals surface area contributed by atoms with Crippen LogP contribution >= 0.6 is 0 Å². The second-order valence-corrected chi connectivity index (χ2v) is 7.29. The zero-order valence-corrected chi connectivity index (χ0v) is 15.3. The molecule has 0 saturated carbocycles. The van der Waals surface area contributed by atoms with Crippen LogP contribution in [0.2, 0.25) is 0 Å². The first-order valence-corrected chi connectivity index (χ1v) is 9.54. The van der Waals surface area contributed by atoms with Crippen molar-refractivity contribution in [1.82, 2.24) is 10.6 Å². The van der Waals surface area contributed by atoms with Crippen LogP contribution in [-0.2, 0) is 30.8 Å². The second-order valence-electron chi connectivity index (χ2n) is 5.72. The zero-order chi connectivity index (χ0) is 18.9. The number of nitrogens with two attached hydrogens (primary N) is 1. The lowest BCUT2D eigenvalue weighted by atomic mass is 10.1. The molecule has 0 saturated heterocycles. The average Bonchev–Trinajstić information content (AvgIpc) is 2.53. The molecule has 0 heterocycles. The normalized spacial score (nSPS) is 11.4. The fourth-order valence-corrected chi connectivity index (χ4v) is 2.44. The fraction of sp³-hybridized carbons (Fsp3) is 0.500. The molecule has 9 heteroatoms. The minimum absolute atomic E-state index is 0.0288. The second kappa shape index (κ2) is 10.1. The summed E-state index contributed by atoms with van der Waals surface area (Å²) >= 11 is 0. The minimum Gasteiger partial charge on any atom is -0.379 e. The Bertz CT molecular complexity index is 672. The van der Waals surface area contributed by atoms with Gasteiger partial charge in [0, 0.05) is 19.7 Å². The highest BCUT2D eigenvalue weighted by Gasteiger charge is 2.12. The van der Waals surface area contributed by atoms with Crippen LogP contribution in [0.3, 0.4) is 0 Å². The predicted octanol–water partition coefficient (Wildman–Crippen LogP) is -0.0760. The Labute approximate surface area is 148 Å². The van der Waals surface area contributed by atoms with Crippen molar-refractivity contribution in [3.05, 3.63) is 29.8 Å². The van der Waals surface area contributed by atoms with Gasteiger partial charge >= 0.3 is 11.8 Å². The topological polar surface area (TPSA) is 128 Å². The van der Waals surface area contributed by atoms with Crippen LogP contribution in [0.4, 0.5) is 0 Å². The molecular weight excluding hydrogens is 346 g/mol. The van der Waals surface area contributed by atoms with Gasteiger partial charge in [0.05, 0.1) is 11.0 Å². The van der Waals surface area contributed by atoms with E-state index in [1.54, 1.807) is 12.1 Å². The van der Waals surface area contributed by atoms with E-state index in [4.69, 9.17) is 9.88 Å². The largest absolute Gasteiger partial charge is 0.379 e. The van der Waals surface area contributed by atoms with Crippen molar-refractivity contribution in [2.24, 2.45) is 5.14 Å². The molecule has 0 unspecified atom stereocenters. The first-order valence-electron chi connectivity index (χ1n) is 7.99. The van der Waals surface area contributed by atoms with Crippen LogP contribution in [0.5, 0.6) is 0 Å². The molecule has 25 heavy (non-hydrogen) atoms. The number of rotatable bonds is 9. The van der Waals surface area contributed by atoms with Crippen LogP contribution in [0.25, 0.3) is 0 Å². The lowest BCUT2D eigenvalue weighted by Crippen LogP contribution is -2.41. The van der Waals surface area contributed by atoms with Crippen molar-refractivity contribution in [2.45, 2.75) is 37.7 Å². The number of benzene rings is 1. The van der Waals surface area contributed by atoms with Gasteiger partial charge in [0.15, 0.2) is 0 Å². The number of carbonyl (C=O) groups is 2. The third-order valence-corrected chi connectivity index (χ3v) is 4.14. The summed E-state index contributed by atoms with van der Waals surface area (Å²) in [5, 5.41) is 10.0. The number of primary sulfonamides is 1. The van der Waals surface area contributed by atoms with Gasteiger partial charge in [-0.15, -0.1) is 0 Å². The van der Waals surface area contributed by atoms with E-state index >= 15 is 0 Å². The summed E-state index contributed by atoms with van der Waals surface area (Å²) in [6.45, 7) is 5.00. The number of ether oxygens (including phenoxy) is 1. The highest BCUT2D eigenvalue weighted by molar-refractivity contribution is 7.89. The molecule has 0 aromatic heterocycles. The maximum atomic E-state index is 11.6. The number of nitrogens with one attached hydrogen (secondary N) is 2. The summed E-state index contributed by atoms with van der Waals surface area (Å²) in [6, 6.07) is 6.03. The molecule has 1 aromatic carbocycles. The number of amides is 2. The molecule has 0 atom stereocenters. The summed E-state index contributed by atoms with van der Waals surface area (Å²) in [6.07, 6.45) is 1.23. The number of carbonyl (C=O) groups excluding carboxylic acids is 2. The molecule has 1 aromatic rings. The van der Waals surface area contributed by atoms with Gasteiger partial charge in [-0.25, -0.2) is 13.6 Å². The summed E-state index contributed by atoms with van der Waals surface area (Å²) in [4.78, 5) is 23.3. The van der Waals surface area contributed by atoms with Crippen LogP contribution < -0.4 is 15.8 Å². The van der Waals surface area contributed by atoms with Gasteiger partial charge in [-0.2, -0.15) is 0 Å². The first-order chi connectivity index (χ1) is 11.7. The Morgan fingerprint density at radius 1 is 1.08 bits per heavy atom.